The second-order valence-electron chi connectivity index (χ2n) is 3.20. The Hall–Kier alpha value is -1.27. The molecule has 4 nitrogen and oxygen atoms in total. The van der Waals surface area contributed by atoms with Gasteiger partial charge in [-0.05, 0) is 12.1 Å². The van der Waals surface area contributed by atoms with E-state index in [0.717, 1.165) is 0 Å². The van der Waals surface area contributed by atoms with Crippen LogP contribution in [0.3, 0.4) is 0 Å². The number of rotatable bonds is 4. The second-order valence-corrected chi connectivity index (χ2v) is 4.29. The van der Waals surface area contributed by atoms with Gasteiger partial charge in [-0.1, -0.05) is 29.3 Å². The first-order chi connectivity index (χ1) is 8.35. The molecule has 1 rings (SSSR count). The van der Waals surface area contributed by atoms with Crippen LogP contribution in [0.1, 0.15) is 0 Å². The van der Waals surface area contributed by atoms with Crippen molar-refractivity contribution in [1.82, 2.24) is 5.32 Å². The van der Waals surface area contributed by atoms with Crippen molar-refractivity contribution in [3.63, 3.8) is 0 Å². The standard InChI is InChI=1S/C10H10Cl2F2N2O2/c1-15-9(17)16-6-3-2-4-7(5-6)18-10(13,14)8(11)12/h2-5,8H,1H3,(H2,15,16,17). The zero-order valence-electron chi connectivity index (χ0n) is 9.22. The van der Waals surface area contributed by atoms with E-state index in [9.17, 15) is 13.6 Å². The predicted molar refractivity (Wildman–Crippen MR) is 65.6 cm³/mol. The Bertz CT molecular complexity index is 430. The number of urea groups is 1. The van der Waals surface area contributed by atoms with Crippen molar-refractivity contribution in [2.75, 3.05) is 12.4 Å². The molecule has 0 bridgehead atoms. The van der Waals surface area contributed by atoms with Crippen molar-refractivity contribution in [2.24, 2.45) is 0 Å². The summed E-state index contributed by atoms with van der Waals surface area (Å²) in [6.07, 6.45) is -3.71. The largest absolute Gasteiger partial charge is 0.430 e. The van der Waals surface area contributed by atoms with Gasteiger partial charge in [-0.15, -0.1) is 0 Å². The quantitative estimate of drug-likeness (QED) is 0.839. The fourth-order valence-corrected chi connectivity index (χ4v) is 1.12. The van der Waals surface area contributed by atoms with E-state index >= 15 is 0 Å². The first kappa shape index (κ1) is 14.8. The smallest absolute Gasteiger partial charge is 0.428 e. The van der Waals surface area contributed by atoms with Crippen LogP contribution in [-0.2, 0) is 0 Å². The molecule has 0 saturated carbocycles. The van der Waals surface area contributed by atoms with E-state index in [1.165, 1.54) is 31.3 Å². The maximum atomic E-state index is 13.1. The molecule has 0 unspecified atom stereocenters. The molecule has 0 heterocycles. The first-order valence-electron chi connectivity index (χ1n) is 4.79. The van der Waals surface area contributed by atoms with Crippen LogP contribution in [0, 0.1) is 0 Å². The number of nitrogens with one attached hydrogen (secondary N) is 2. The van der Waals surface area contributed by atoms with Gasteiger partial charge in [-0.3, -0.25) is 0 Å². The summed E-state index contributed by atoms with van der Waals surface area (Å²) >= 11 is 10.2. The van der Waals surface area contributed by atoms with Gasteiger partial charge in [0.15, 0.2) is 0 Å². The van der Waals surface area contributed by atoms with Gasteiger partial charge >= 0.3 is 12.1 Å². The minimum Gasteiger partial charge on any atom is -0.430 e. The highest BCUT2D eigenvalue weighted by atomic mass is 35.5. The van der Waals surface area contributed by atoms with Crippen LogP contribution < -0.4 is 15.4 Å². The minimum absolute atomic E-state index is 0.166. The van der Waals surface area contributed by atoms with Crippen molar-refractivity contribution in [3.05, 3.63) is 24.3 Å². The van der Waals surface area contributed by atoms with Crippen molar-refractivity contribution in [3.8, 4) is 5.75 Å². The minimum atomic E-state index is -3.71. The highest BCUT2D eigenvalue weighted by Gasteiger charge is 2.40. The lowest BCUT2D eigenvalue weighted by Crippen LogP contribution is -2.32. The summed E-state index contributed by atoms with van der Waals surface area (Å²) in [5.74, 6) is -0.166. The van der Waals surface area contributed by atoms with E-state index < -0.39 is 17.0 Å². The SMILES string of the molecule is CNC(=O)Nc1cccc(OC(F)(F)C(Cl)Cl)c1. The summed E-state index contributed by atoms with van der Waals surface area (Å²) in [6, 6.07) is 4.98. The number of carbonyl (C=O) groups excluding carboxylic acids is 1. The van der Waals surface area contributed by atoms with E-state index in [1.54, 1.807) is 0 Å². The summed E-state index contributed by atoms with van der Waals surface area (Å²) < 4.78 is 30.6. The summed E-state index contributed by atoms with van der Waals surface area (Å²) in [7, 11) is 1.43. The lowest BCUT2D eigenvalue weighted by Gasteiger charge is -2.19. The lowest BCUT2D eigenvalue weighted by atomic mass is 10.3. The first-order valence-corrected chi connectivity index (χ1v) is 5.66. The Labute approximate surface area is 112 Å². The lowest BCUT2D eigenvalue weighted by molar-refractivity contribution is -0.163. The Morgan fingerprint density at radius 1 is 1.44 bits per heavy atom. The molecule has 0 aliphatic heterocycles. The molecule has 0 radical (unpaired) electrons. The van der Waals surface area contributed by atoms with Crippen LogP contribution in [-0.4, -0.2) is 24.0 Å². The van der Waals surface area contributed by atoms with Crippen LogP contribution in [0.5, 0.6) is 5.75 Å². The van der Waals surface area contributed by atoms with Crippen LogP contribution in [0.15, 0.2) is 24.3 Å². The number of anilines is 1. The second kappa shape index (κ2) is 6.06. The van der Waals surface area contributed by atoms with Gasteiger partial charge in [0, 0.05) is 18.8 Å². The summed E-state index contributed by atoms with van der Waals surface area (Å²) in [4.78, 5) is 9.04. The molecule has 0 spiro atoms. The van der Waals surface area contributed by atoms with Crippen LogP contribution in [0.4, 0.5) is 19.3 Å². The monoisotopic (exact) mass is 298 g/mol. The zero-order valence-corrected chi connectivity index (χ0v) is 10.7. The third-order valence-electron chi connectivity index (χ3n) is 1.83. The molecule has 2 N–H and O–H groups in total. The third kappa shape index (κ3) is 4.19. The summed E-state index contributed by atoms with van der Waals surface area (Å²) in [5, 5.41) is 4.72. The van der Waals surface area contributed by atoms with E-state index in [-0.39, 0.29) is 5.75 Å². The molecular formula is C10H10Cl2F2N2O2. The highest BCUT2D eigenvalue weighted by Crippen LogP contribution is 2.31. The zero-order chi connectivity index (χ0) is 13.8. The predicted octanol–water partition coefficient (Wildman–Crippen LogP) is 3.21. The molecule has 0 atom stereocenters. The third-order valence-corrected chi connectivity index (χ3v) is 2.34. The number of benzene rings is 1. The van der Waals surface area contributed by atoms with Gasteiger partial charge in [-0.25, -0.2) is 4.79 Å². The van der Waals surface area contributed by atoms with Crippen molar-refractivity contribution < 1.29 is 18.3 Å². The normalized spacial score (nSPS) is 11.2. The summed E-state index contributed by atoms with van der Waals surface area (Å²) in [5.41, 5.74) is 0.295. The number of ether oxygens (including phenoxy) is 1. The van der Waals surface area contributed by atoms with Crippen molar-refractivity contribution in [2.45, 2.75) is 10.9 Å². The Balaban J connectivity index is 2.79. The molecule has 2 amide bonds. The van der Waals surface area contributed by atoms with Crippen molar-refractivity contribution in [1.29, 1.82) is 0 Å². The van der Waals surface area contributed by atoms with Gasteiger partial charge in [0.25, 0.3) is 0 Å². The molecule has 100 valence electrons. The van der Waals surface area contributed by atoms with E-state index in [4.69, 9.17) is 23.2 Å². The molecular weight excluding hydrogens is 289 g/mol. The average Bonchev–Trinajstić information content (AvgIpc) is 2.28. The maximum Gasteiger partial charge on any atom is 0.428 e. The van der Waals surface area contributed by atoms with Gasteiger partial charge < -0.3 is 15.4 Å². The number of amides is 2. The van der Waals surface area contributed by atoms with E-state index in [2.05, 4.69) is 15.4 Å². The molecule has 0 aliphatic rings. The highest BCUT2D eigenvalue weighted by molar-refractivity contribution is 6.44. The number of halogens is 4. The molecule has 18 heavy (non-hydrogen) atoms. The molecule has 1 aromatic rings. The topological polar surface area (TPSA) is 50.4 Å². The Kier molecular flexibility index (Phi) is 4.98. The number of hydrogen-bond donors (Lipinski definition) is 2. The fraction of sp³-hybridized carbons (Fsp3) is 0.300. The van der Waals surface area contributed by atoms with Gasteiger partial charge in [-0.2, -0.15) is 8.78 Å². The maximum absolute atomic E-state index is 13.1. The molecule has 0 aliphatic carbocycles. The van der Waals surface area contributed by atoms with Gasteiger partial charge in [0.1, 0.15) is 5.75 Å². The van der Waals surface area contributed by atoms with E-state index in [1.807, 2.05) is 0 Å². The number of carbonyl (C=O) groups is 1. The van der Waals surface area contributed by atoms with Crippen LogP contribution in [0.25, 0.3) is 0 Å². The molecule has 8 heteroatoms. The van der Waals surface area contributed by atoms with Crippen LogP contribution in [0.2, 0.25) is 0 Å². The number of hydrogen-bond acceptors (Lipinski definition) is 2. The fourth-order valence-electron chi connectivity index (χ4n) is 1.03. The van der Waals surface area contributed by atoms with Crippen LogP contribution >= 0.6 is 23.2 Å². The molecule has 0 aromatic heterocycles. The molecule has 1 aromatic carbocycles. The van der Waals surface area contributed by atoms with Gasteiger partial charge in [0.05, 0.1) is 0 Å². The number of alkyl halides is 4. The van der Waals surface area contributed by atoms with E-state index in [0.29, 0.717) is 5.69 Å². The van der Waals surface area contributed by atoms with Gasteiger partial charge in [0.2, 0.25) is 4.84 Å². The average molecular weight is 299 g/mol. The summed E-state index contributed by atoms with van der Waals surface area (Å²) in [6.45, 7) is 0. The Morgan fingerprint density at radius 3 is 2.67 bits per heavy atom. The molecule has 0 fully saturated rings. The Morgan fingerprint density at radius 2 is 2.11 bits per heavy atom. The molecule has 0 saturated heterocycles. The van der Waals surface area contributed by atoms with Crippen molar-refractivity contribution >= 4 is 34.9 Å².